The third kappa shape index (κ3) is 1.78. The number of fused-ring (bicyclic) bond motifs is 1. The van der Waals surface area contributed by atoms with Gasteiger partial charge in [0.15, 0.2) is 0 Å². The lowest BCUT2D eigenvalue weighted by atomic mass is 9.90. The summed E-state index contributed by atoms with van der Waals surface area (Å²) in [4.78, 5) is 0. The quantitative estimate of drug-likeness (QED) is 0.880. The molecule has 1 aromatic heterocycles. The van der Waals surface area contributed by atoms with Crippen LogP contribution in [0.4, 0.5) is 5.69 Å². The van der Waals surface area contributed by atoms with Crippen LogP contribution >= 0.6 is 0 Å². The third-order valence-electron chi connectivity index (χ3n) is 3.55. The average molecular weight is 242 g/mol. The Bertz CT molecular complexity index is 544. The molecule has 0 radical (unpaired) electrons. The van der Waals surface area contributed by atoms with Crippen LogP contribution in [-0.4, -0.2) is 21.3 Å². The van der Waals surface area contributed by atoms with Gasteiger partial charge in [0.1, 0.15) is 12.2 Å². The van der Waals surface area contributed by atoms with Gasteiger partial charge in [-0.2, -0.15) is 0 Å². The van der Waals surface area contributed by atoms with Crippen LogP contribution in [0.5, 0.6) is 0 Å². The topological polar surface area (TPSA) is 42.7 Å². The molecule has 0 amide bonds. The molecule has 0 saturated heterocycles. The van der Waals surface area contributed by atoms with Crippen molar-refractivity contribution in [3.63, 3.8) is 0 Å². The zero-order valence-corrected chi connectivity index (χ0v) is 10.8. The molecular weight excluding hydrogens is 224 g/mol. The Kier molecular flexibility index (Phi) is 2.78. The van der Waals surface area contributed by atoms with E-state index in [4.69, 9.17) is 0 Å². The number of benzene rings is 1. The summed E-state index contributed by atoms with van der Waals surface area (Å²) in [6.07, 6.45) is 2.91. The van der Waals surface area contributed by atoms with Crippen LogP contribution in [-0.2, 0) is 0 Å². The largest absolute Gasteiger partial charge is 0.385 e. The van der Waals surface area contributed by atoms with Crippen molar-refractivity contribution >= 4 is 5.69 Å². The van der Waals surface area contributed by atoms with E-state index in [2.05, 4.69) is 58.2 Å². The van der Waals surface area contributed by atoms with Crippen LogP contribution < -0.4 is 5.32 Å². The summed E-state index contributed by atoms with van der Waals surface area (Å²) in [7, 11) is 0. The van der Waals surface area contributed by atoms with Crippen molar-refractivity contribution in [3.05, 3.63) is 42.0 Å². The highest BCUT2D eigenvalue weighted by Gasteiger charge is 2.25. The number of nitrogens with one attached hydrogen (secondary N) is 1. The lowest BCUT2D eigenvalue weighted by Crippen LogP contribution is -2.21. The van der Waals surface area contributed by atoms with Gasteiger partial charge in [0.2, 0.25) is 0 Å². The van der Waals surface area contributed by atoms with E-state index in [1.165, 1.54) is 11.3 Å². The summed E-state index contributed by atoms with van der Waals surface area (Å²) in [6, 6.07) is 8.89. The van der Waals surface area contributed by atoms with Crippen molar-refractivity contribution in [2.75, 3.05) is 11.9 Å². The van der Waals surface area contributed by atoms with E-state index in [1.54, 1.807) is 0 Å². The average Bonchev–Trinajstić information content (AvgIpc) is 2.87. The second kappa shape index (κ2) is 4.44. The Morgan fingerprint density at radius 1 is 1.33 bits per heavy atom. The van der Waals surface area contributed by atoms with Crippen LogP contribution in [0, 0.1) is 0 Å². The van der Waals surface area contributed by atoms with Crippen LogP contribution in [0.15, 0.2) is 30.6 Å². The summed E-state index contributed by atoms with van der Waals surface area (Å²) < 4.78 is 2.17. The molecule has 94 valence electrons. The minimum absolute atomic E-state index is 0.354. The Morgan fingerprint density at radius 2 is 2.17 bits per heavy atom. The van der Waals surface area contributed by atoms with E-state index in [1.807, 2.05) is 6.33 Å². The fourth-order valence-electron chi connectivity index (χ4n) is 2.64. The smallest absolute Gasteiger partial charge is 0.140 e. The van der Waals surface area contributed by atoms with E-state index in [9.17, 15) is 0 Å². The zero-order valence-electron chi connectivity index (χ0n) is 10.8. The van der Waals surface area contributed by atoms with E-state index in [0.29, 0.717) is 12.0 Å². The van der Waals surface area contributed by atoms with Gasteiger partial charge in [0, 0.05) is 24.2 Å². The predicted molar refractivity (Wildman–Crippen MR) is 71.8 cm³/mol. The predicted octanol–water partition coefficient (Wildman–Crippen LogP) is 2.81. The standard InChI is InChI=1S/C14H18N4/c1-10(2)18-9-16-17-14(18)12-7-8-15-13-6-4-3-5-11(12)13/h3-6,9-10,12,15H,7-8H2,1-2H3. The molecule has 0 spiro atoms. The molecule has 1 unspecified atom stereocenters. The molecule has 1 N–H and O–H groups in total. The molecule has 0 fully saturated rings. The van der Waals surface area contributed by atoms with Gasteiger partial charge >= 0.3 is 0 Å². The second-order valence-corrected chi connectivity index (χ2v) is 5.05. The van der Waals surface area contributed by atoms with E-state index in [0.717, 1.165) is 18.8 Å². The normalized spacial score (nSPS) is 18.5. The fraction of sp³-hybridized carbons (Fsp3) is 0.429. The minimum Gasteiger partial charge on any atom is -0.385 e. The summed E-state index contributed by atoms with van der Waals surface area (Å²) in [5, 5.41) is 11.9. The van der Waals surface area contributed by atoms with Gasteiger partial charge in [-0.05, 0) is 31.9 Å². The molecule has 4 nitrogen and oxygen atoms in total. The highest BCUT2D eigenvalue weighted by molar-refractivity contribution is 5.56. The van der Waals surface area contributed by atoms with Gasteiger partial charge < -0.3 is 9.88 Å². The molecule has 2 heterocycles. The van der Waals surface area contributed by atoms with Crippen molar-refractivity contribution in [2.45, 2.75) is 32.2 Å². The molecule has 4 heteroatoms. The van der Waals surface area contributed by atoms with Crippen molar-refractivity contribution in [1.82, 2.24) is 14.8 Å². The monoisotopic (exact) mass is 242 g/mol. The maximum atomic E-state index is 4.35. The number of aromatic nitrogens is 3. The van der Waals surface area contributed by atoms with E-state index in [-0.39, 0.29) is 0 Å². The van der Waals surface area contributed by atoms with Crippen LogP contribution in [0.1, 0.15) is 43.6 Å². The molecule has 0 bridgehead atoms. The Labute approximate surface area is 107 Å². The molecule has 18 heavy (non-hydrogen) atoms. The Morgan fingerprint density at radius 3 is 3.00 bits per heavy atom. The first-order chi connectivity index (χ1) is 8.77. The molecular formula is C14H18N4. The van der Waals surface area contributed by atoms with Gasteiger partial charge in [-0.15, -0.1) is 10.2 Å². The Balaban J connectivity index is 2.06. The second-order valence-electron chi connectivity index (χ2n) is 5.05. The third-order valence-corrected chi connectivity index (χ3v) is 3.55. The van der Waals surface area contributed by atoms with Gasteiger partial charge in [0.25, 0.3) is 0 Å². The molecule has 1 atom stereocenters. The number of hydrogen-bond acceptors (Lipinski definition) is 3. The number of hydrogen-bond donors (Lipinski definition) is 1. The van der Waals surface area contributed by atoms with Crippen molar-refractivity contribution in [3.8, 4) is 0 Å². The van der Waals surface area contributed by atoms with Crippen molar-refractivity contribution in [1.29, 1.82) is 0 Å². The van der Waals surface area contributed by atoms with Gasteiger partial charge in [-0.1, -0.05) is 18.2 Å². The molecule has 2 aromatic rings. The van der Waals surface area contributed by atoms with E-state index < -0.39 is 0 Å². The van der Waals surface area contributed by atoms with E-state index >= 15 is 0 Å². The van der Waals surface area contributed by atoms with Crippen LogP contribution in [0.2, 0.25) is 0 Å². The fourth-order valence-corrected chi connectivity index (χ4v) is 2.64. The van der Waals surface area contributed by atoms with Crippen LogP contribution in [0.25, 0.3) is 0 Å². The summed E-state index contributed by atoms with van der Waals surface area (Å²) in [5.74, 6) is 1.44. The van der Waals surface area contributed by atoms with Gasteiger partial charge in [-0.25, -0.2) is 0 Å². The molecule has 1 aliphatic heterocycles. The molecule has 3 rings (SSSR count). The molecule has 0 aliphatic carbocycles. The van der Waals surface area contributed by atoms with Gasteiger partial charge in [-0.3, -0.25) is 0 Å². The number of rotatable bonds is 2. The van der Waals surface area contributed by atoms with Crippen molar-refractivity contribution in [2.24, 2.45) is 0 Å². The lowest BCUT2D eigenvalue weighted by Gasteiger charge is -2.27. The molecule has 1 aromatic carbocycles. The zero-order chi connectivity index (χ0) is 12.5. The first-order valence-corrected chi connectivity index (χ1v) is 6.49. The maximum Gasteiger partial charge on any atom is 0.140 e. The Hall–Kier alpha value is -1.84. The highest BCUT2D eigenvalue weighted by atomic mass is 15.3. The highest BCUT2D eigenvalue weighted by Crippen LogP contribution is 2.35. The number of para-hydroxylation sites is 1. The first kappa shape index (κ1) is 11.3. The minimum atomic E-state index is 0.354. The SMILES string of the molecule is CC(C)n1cnnc1C1CCNc2ccccc21. The summed E-state index contributed by atoms with van der Waals surface area (Å²) in [6.45, 7) is 5.33. The number of nitrogens with zero attached hydrogens (tertiary/aromatic N) is 3. The number of anilines is 1. The summed E-state index contributed by atoms with van der Waals surface area (Å²) >= 11 is 0. The van der Waals surface area contributed by atoms with Gasteiger partial charge in [0.05, 0.1) is 0 Å². The van der Waals surface area contributed by atoms with Crippen molar-refractivity contribution < 1.29 is 0 Å². The maximum absolute atomic E-state index is 4.35. The molecule has 1 aliphatic rings. The first-order valence-electron chi connectivity index (χ1n) is 6.49. The summed E-state index contributed by atoms with van der Waals surface area (Å²) in [5.41, 5.74) is 2.56. The molecule has 0 saturated carbocycles. The van der Waals surface area contributed by atoms with Crippen LogP contribution in [0.3, 0.4) is 0 Å². The lowest BCUT2D eigenvalue weighted by molar-refractivity contribution is 0.536.